The first-order chi connectivity index (χ1) is 6.20. The van der Waals surface area contributed by atoms with Gasteiger partial charge in [0.1, 0.15) is 5.02 Å². The van der Waals surface area contributed by atoms with Gasteiger partial charge in [-0.05, 0) is 12.1 Å². The molecule has 0 saturated carbocycles. The second-order valence-electron chi connectivity index (χ2n) is 2.06. The highest BCUT2D eigenvalue weighted by atomic mass is 35.5. The van der Waals surface area contributed by atoms with Crippen LogP contribution in [0.5, 0.6) is 11.5 Å². The van der Waals surface area contributed by atoms with Crippen molar-refractivity contribution in [3.63, 3.8) is 0 Å². The maximum Gasteiger partial charge on any atom is 0.184 e. The summed E-state index contributed by atoms with van der Waals surface area (Å²) in [5.74, 6) is -0.858. The number of hydrogen-bond donors (Lipinski definition) is 0. The lowest BCUT2D eigenvalue weighted by Gasteiger charge is -2.05. The van der Waals surface area contributed by atoms with Crippen LogP contribution in [0.15, 0.2) is 17.5 Å². The Bertz CT molecular complexity index is 332. The van der Waals surface area contributed by atoms with Crippen LogP contribution in [-0.4, -0.2) is 7.11 Å². The third-order valence-electron chi connectivity index (χ3n) is 1.35. The van der Waals surface area contributed by atoms with Gasteiger partial charge in [-0.25, -0.2) is 4.39 Å². The van der Waals surface area contributed by atoms with Gasteiger partial charge in [-0.3, -0.25) is 0 Å². The number of hydrogen-bond acceptors (Lipinski definition) is 4. The number of ether oxygens (including phenoxy) is 1. The molecule has 4 nitrogen and oxygen atoms in total. The normalized spacial score (nSPS) is 9.46. The Labute approximate surface area is 78.1 Å². The van der Waals surface area contributed by atoms with Crippen LogP contribution in [0.25, 0.3) is 0 Å². The predicted molar refractivity (Wildman–Crippen MR) is 44.4 cm³/mol. The van der Waals surface area contributed by atoms with E-state index < -0.39 is 5.82 Å². The average molecular weight is 206 g/mol. The van der Waals surface area contributed by atoms with Crippen molar-refractivity contribution in [3.05, 3.63) is 27.9 Å². The summed E-state index contributed by atoms with van der Waals surface area (Å²) in [4.78, 5) is 14.0. The summed E-state index contributed by atoms with van der Waals surface area (Å²) in [5.41, 5.74) is 0. The van der Waals surface area contributed by atoms with E-state index in [2.05, 4.69) is 14.9 Å². The number of nitrogens with zero attached hydrogens (tertiary/aromatic N) is 1. The fraction of sp³-hybridized carbons (Fsp3) is 0.143. The van der Waals surface area contributed by atoms with E-state index in [-0.39, 0.29) is 16.5 Å². The second kappa shape index (κ2) is 4.04. The van der Waals surface area contributed by atoms with Gasteiger partial charge in [-0.2, -0.15) is 0 Å². The van der Waals surface area contributed by atoms with Gasteiger partial charge >= 0.3 is 0 Å². The molecule has 0 unspecified atom stereocenters. The molecule has 0 aromatic heterocycles. The molecular weight excluding hydrogens is 201 g/mol. The Morgan fingerprint density at radius 1 is 1.54 bits per heavy atom. The molecule has 6 heteroatoms. The minimum absolute atomic E-state index is 0.0464. The van der Waals surface area contributed by atoms with Gasteiger partial charge in [0.25, 0.3) is 0 Å². The van der Waals surface area contributed by atoms with E-state index in [4.69, 9.17) is 11.6 Å². The van der Waals surface area contributed by atoms with Gasteiger partial charge in [0.15, 0.2) is 22.7 Å². The molecule has 1 aromatic carbocycles. The largest absolute Gasteiger partial charge is 0.492 e. The van der Waals surface area contributed by atoms with Crippen LogP contribution >= 0.6 is 11.6 Å². The van der Waals surface area contributed by atoms with Gasteiger partial charge < -0.3 is 9.57 Å². The first kappa shape index (κ1) is 9.73. The summed E-state index contributed by atoms with van der Waals surface area (Å²) in [5, 5.41) is 2.04. The Morgan fingerprint density at radius 3 is 2.77 bits per heavy atom. The van der Waals surface area contributed by atoms with Crippen LogP contribution in [0.3, 0.4) is 0 Å². The van der Waals surface area contributed by atoms with E-state index in [1.807, 2.05) is 0 Å². The van der Waals surface area contributed by atoms with Gasteiger partial charge in [0, 0.05) is 0 Å². The molecule has 0 bridgehead atoms. The van der Waals surface area contributed by atoms with Crippen LogP contribution < -0.4 is 9.57 Å². The van der Waals surface area contributed by atoms with Crippen molar-refractivity contribution < 1.29 is 14.0 Å². The standard InChI is InChI=1S/C7H5ClFNO3/c1-12-7-4(9)2-3-5(6(7)8)13-10-11/h2-3H,1H3. The highest BCUT2D eigenvalue weighted by molar-refractivity contribution is 6.33. The van der Waals surface area contributed by atoms with Crippen molar-refractivity contribution in [3.8, 4) is 11.5 Å². The maximum atomic E-state index is 12.9. The highest BCUT2D eigenvalue weighted by Crippen LogP contribution is 2.35. The summed E-state index contributed by atoms with van der Waals surface area (Å²) in [6.45, 7) is 0. The minimum atomic E-state index is -0.634. The molecule has 13 heavy (non-hydrogen) atoms. The highest BCUT2D eigenvalue weighted by Gasteiger charge is 2.13. The third-order valence-corrected chi connectivity index (χ3v) is 1.71. The molecule has 0 spiro atoms. The molecule has 70 valence electrons. The summed E-state index contributed by atoms with van der Waals surface area (Å²) in [7, 11) is 1.25. The fourth-order valence-corrected chi connectivity index (χ4v) is 1.08. The van der Waals surface area contributed by atoms with Crippen LogP contribution in [0.4, 0.5) is 4.39 Å². The molecule has 0 radical (unpaired) electrons. The van der Waals surface area contributed by atoms with Crippen molar-refractivity contribution in [2.75, 3.05) is 7.11 Å². The molecule has 0 aliphatic heterocycles. The summed E-state index contributed by atoms with van der Waals surface area (Å²) >= 11 is 5.60. The summed E-state index contributed by atoms with van der Waals surface area (Å²) in [6.07, 6.45) is 0. The van der Waals surface area contributed by atoms with E-state index in [1.165, 1.54) is 13.2 Å². The van der Waals surface area contributed by atoms with E-state index in [9.17, 15) is 9.30 Å². The van der Waals surface area contributed by atoms with Crippen molar-refractivity contribution in [2.24, 2.45) is 5.34 Å². The molecule has 0 saturated heterocycles. The second-order valence-corrected chi connectivity index (χ2v) is 2.44. The molecule has 0 aliphatic carbocycles. The van der Waals surface area contributed by atoms with E-state index in [0.29, 0.717) is 0 Å². The van der Waals surface area contributed by atoms with Crippen LogP contribution in [0, 0.1) is 10.7 Å². The Kier molecular flexibility index (Phi) is 3.02. The maximum absolute atomic E-state index is 12.9. The predicted octanol–water partition coefficient (Wildman–Crippen LogP) is 2.55. The topological polar surface area (TPSA) is 47.9 Å². The zero-order valence-corrected chi connectivity index (χ0v) is 7.34. The monoisotopic (exact) mass is 205 g/mol. The molecule has 0 aliphatic rings. The van der Waals surface area contributed by atoms with Gasteiger partial charge in [0.2, 0.25) is 0 Å². The average Bonchev–Trinajstić information content (AvgIpc) is 2.11. The van der Waals surface area contributed by atoms with E-state index in [0.717, 1.165) is 6.07 Å². The molecular formula is C7H5ClFNO3. The zero-order valence-electron chi connectivity index (χ0n) is 6.58. The number of rotatable bonds is 3. The Balaban J connectivity index is 3.18. The molecule has 1 rings (SSSR count). The first-order valence-corrected chi connectivity index (χ1v) is 3.60. The van der Waals surface area contributed by atoms with Gasteiger partial charge in [-0.1, -0.05) is 11.6 Å². The molecule has 0 N–H and O–H groups in total. The molecule has 0 heterocycles. The van der Waals surface area contributed by atoms with Crippen LogP contribution in [0.2, 0.25) is 5.02 Å². The summed E-state index contributed by atoms with van der Waals surface area (Å²) in [6, 6.07) is 2.24. The number of halogens is 2. The van der Waals surface area contributed by atoms with Crippen molar-refractivity contribution in [2.45, 2.75) is 0 Å². The van der Waals surface area contributed by atoms with Crippen LogP contribution in [-0.2, 0) is 0 Å². The van der Waals surface area contributed by atoms with Crippen LogP contribution in [0.1, 0.15) is 0 Å². The molecule has 0 fully saturated rings. The Hall–Kier alpha value is -1.36. The van der Waals surface area contributed by atoms with Gasteiger partial charge in [-0.15, -0.1) is 4.91 Å². The SMILES string of the molecule is COc1c(F)ccc(ON=O)c1Cl. The number of methoxy groups -OCH3 is 1. The van der Waals surface area contributed by atoms with Crippen molar-refractivity contribution in [1.82, 2.24) is 0 Å². The fourth-order valence-electron chi connectivity index (χ4n) is 0.812. The quantitative estimate of drug-likeness (QED) is 0.563. The first-order valence-electron chi connectivity index (χ1n) is 3.22. The zero-order chi connectivity index (χ0) is 9.84. The number of benzene rings is 1. The lowest BCUT2D eigenvalue weighted by atomic mass is 10.3. The van der Waals surface area contributed by atoms with Crippen molar-refractivity contribution >= 4 is 11.6 Å². The molecule has 0 amide bonds. The van der Waals surface area contributed by atoms with Gasteiger partial charge in [0.05, 0.1) is 7.11 Å². The lowest BCUT2D eigenvalue weighted by Crippen LogP contribution is -1.91. The van der Waals surface area contributed by atoms with E-state index in [1.54, 1.807) is 0 Å². The molecule has 0 atom stereocenters. The summed E-state index contributed by atoms with van der Waals surface area (Å²) < 4.78 is 17.5. The van der Waals surface area contributed by atoms with E-state index >= 15 is 0 Å². The third kappa shape index (κ3) is 1.86. The smallest absolute Gasteiger partial charge is 0.184 e. The molecule has 1 aromatic rings. The minimum Gasteiger partial charge on any atom is -0.492 e. The van der Waals surface area contributed by atoms with Crippen molar-refractivity contribution in [1.29, 1.82) is 0 Å². The Morgan fingerprint density at radius 2 is 2.23 bits per heavy atom. The lowest BCUT2D eigenvalue weighted by molar-refractivity contribution is 0.328.